The van der Waals surface area contributed by atoms with Crippen LogP contribution in [0.4, 0.5) is 5.69 Å². The van der Waals surface area contributed by atoms with Crippen LogP contribution in [0.2, 0.25) is 0 Å². The normalized spacial score (nSPS) is 9.94. The van der Waals surface area contributed by atoms with E-state index in [-0.39, 0.29) is 5.91 Å². The number of anilines is 1. The summed E-state index contributed by atoms with van der Waals surface area (Å²) in [4.78, 5) is 13.7. The average Bonchev–Trinajstić information content (AvgIpc) is 2.19. The van der Waals surface area contributed by atoms with Gasteiger partial charge >= 0.3 is 0 Å². The molecule has 1 aromatic rings. The Hall–Kier alpha value is -1.29. The van der Waals surface area contributed by atoms with E-state index >= 15 is 0 Å². The van der Waals surface area contributed by atoms with E-state index in [9.17, 15) is 4.79 Å². The van der Waals surface area contributed by atoms with Crippen LogP contribution in [-0.4, -0.2) is 24.4 Å². The predicted molar refractivity (Wildman–Crippen MR) is 70.3 cm³/mol. The summed E-state index contributed by atoms with van der Waals surface area (Å²) in [6, 6.07) is 5.19. The molecular formula is C12H15BrN2O. The molecule has 4 heteroatoms. The number of carbonyl (C=O) groups excluding carboxylic acids is 1. The molecule has 1 aromatic carbocycles. The third-order valence-electron chi connectivity index (χ3n) is 2.07. The van der Waals surface area contributed by atoms with Gasteiger partial charge in [-0.3, -0.25) is 4.79 Å². The van der Waals surface area contributed by atoms with Crippen LogP contribution in [0, 0.1) is 0 Å². The van der Waals surface area contributed by atoms with Crippen molar-refractivity contribution >= 4 is 27.5 Å². The van der Waals surface area contributed by atoms with E-state index < -0.39 is 0 Å². The summed E-state index contributed by atoms with van der Waals surface area (Å²) >= 11 is 3.34. The Kier molecular flexibility index (Phi) is 4.12. The standard InChI is InChI=1S/C12H15BrN2O/c1-8(2)7-15(3)12(16)10-6-9(14)4-5-11(10)13/h4-6H,1,7,14H2,2-3H3. The molecule has 0 radical (unpaired) electrons. The van der Waals surface area contributed by atoms with Crippen molar-refractivity contribution in [3.63, 3.8) is 0 Å². The van der Waals surface area contributed by atoms with Gasteiger partial charge in [-0.05, 0) is 41.1 Å². The van der Waals surface area contributed by atoms with Gasteiger partial charge in [0.25, 0.3) is 5.91 Å². The van der Waals surface area contributed by atoms with Gasteiger partial charge in [0.05, 0.1) is 5.56 Å². The molecule has 0 heterocycles. The highest BCUT2D eigenvalue weighted by molar-refractivity contribution is 9.10. The molecule has 1 amide bonds. The molecule has 0 fully saturated rings. The molecule has 86 valence electrons. The molecule has 0 unspecified atom stereocenters. The monoisotopic (exact) mass is 282 g/mol. The molecule has 0 atom stereocenters. The summed E-state index contributed by atoms with van der Waals surface area (Å²) in [6.07, 6.45) is 0. The first-order chi connectivity index (χ1) is 7.41. The molecule has 0 aromatic heterocycles. The Morgan fingerprint density at radius 1 is 1.56 bits per heavy atom. The molecule has 0 saturated heterocycles. The maximum Gasteiger partial charge on any atom is 0.255 e. The number of benzene rings is 1. The Morgan fingerprint density at radius 2 is 2.19 bits per heavy atom. The van der Waals surface area contributed by atoms with Crippen molar-refractivity contribution < 1.29 is 4.79 Å². The van der Waals surface area contributed by atoms with Gasteiger partial charge in [-0.2, -0.15) is 0 Å². The van der Waals surface area contributed by atoms with E-state index in [1.807, 2.05) is 6.92 Å². The van der Waals surface area contributed by atoms with Gasteiger partial charge in [-0.25, -0.2) is 0 Å². The number of amides is 1. The molecule has 0 saturated carbocycles. The minimum absolute atomic E-state index is 0.0674. The number of rotatable bonds is 3. The molecule has 0 bridgehead atoms. The molecule has 0 aliphatic heterocycles. The number of hydrogen-bond donors (Lipinski definition) is 1. The van der Waals surface area contributed by atoms with Gasteiger partial charge in [0.2, 0.25) is 0 Å². The maximum absolute atomic E-state index is 12.1. The lowest BCUT2D eigenvalue weighted by Gasteiger charge is -2.18. The first kappa shape index (κ1) is 12.8. The predicted octanol–water partition coefficient (Wildman–Crippen LogP) is 2.68. The van der Waals surface area contributed by atoms with Crippen molar-refractivity contribution in [2.45, 2.75) is 6.92 Å². The minimum atomic E-state index is -0.0674. The Bertz CT molecular complexity index is 429. The lowest BCUT2D eigenvalue weighted by atomic mass is 10.1. The molecule has 1 rings (SSSR count). The first-order valence-corrected chi connectivity index (χ1v) is 5.66. The van der Waals surface area contributed by atoms with E-state index in [4.69, 9.17) is 5.73 Å². The van der Waals surface area contributed by atoms with Crippen molar-refractivity contribution in [2.24, 2.45) is 0 Å². The highest BCUT2D eigenvalue weighted by Crippen LogP contribution is 2.21. The second kappa shape index (κ2) is 5.16. The summed E-state index contributed by atoms with van der Waals surface area (Å²) in [5.74, 6) is -0.0674. The zero-order valence-corrected chi connectivity index (χ0v) is 11.0. The van der Waals surface area contributed by atoms with Crippen molar-refractivity contribution in [1.82, 2.24) is 4.90 Å². The Balaban J connectivity index is 2.95. The quantitative estimate of drug-likeness (QED) is 0.684. The van der Waals surface area contributed by atoms with Crippen LogP contribution in [0.25, 0.3) is 0 Å². The number of carbonyl (C=O) groups is 1. The molecule has 0 aliphatic carbocycles. The van der Waals surface area contributed by atoms with Gasteiger partial charge in [0.15, 0.2) is 0 Å². The molecule has 3 nitrogen and oxygen atoms in total. The Morgan fingerprint density at radius 3 is 2.75 bits per heavy atom. The SMILES string of the molecule is C=C(C)CN(C)C(=O)c1cc(N)ccc1Br. The zero-order valence-electron chi connectivity index (χ0n) is 9.46. The second-order valence-electron chi connectivity index (χ2n) is 3.86. The van der Waals surface area contributed by atoms with Gasteiger partial charge in [-0.15, -0.1) is 0 Å². The third kappa shape index (κ3) is 3.10. The zero-order chi connectivity index (χ0) is 12.3. The highest BCUT2D eigenvalue weighted by atomic mass is 79.9. The van der Waals surface area contributed by atoms with Crippen LogP contribution < -0.4 is 5.73 Å². The fourth-order valence-electron chi connectivity index (χ4n) is 1.39. The van der Waals surface area contributed by atoms with Crippen LogP contribution >= 0.6 is 15.9 Å². The van der Waals surface area contributed by atoms with Gasteiger partial charge < -0.3 is 10.6 Å². The van der Waals surface area contributed by atoms with Crippen molar-refractivity contribution in [2.75, 3.05) is 19.3 Å². The van der Waals surface area contributed by atoms with E-state index in [2.05, 4.69) is 22.5 Å². The van der Waals surface area contributed by atoms with Gasteiger partial charge in [-0.1, -0.05) is 12.2 Å². The second-order valence-corrected chi connectivity index (χ2v) is 4.71. The number of nitrogens with two attached hydrogens (primary N) is 1. The van der Waals surface area contributed by atoms with E-state index in [0.29, 0.717) is 17.8 Å². The fraction of sp³-hybridized carbons (Fsp3) is 0.250. The highest BCUT2D eigenvalue weighted by Gasteiger charge is 2.14. The van der Waals surface area contributed by atoms with Gasteiger partial charge in [0, 0.05) is 23.8 Å². The number of halogens is 1. The molecule has 16 heavy (non-hydrogen) atoms. The number of nitrogen functional groups attached to an aromatic ring is 1. The molecule has 2 N–H and O–H groups in total. The number of likely N-dealkylation sites (N-methyl/N-ethyl adjacent to an activating group) is 1. The van der Waals surface area contributed by atoms with Crippen LogP contribution in [0.1, 0.15) is 17.3 Å². The average molecular weight is 283 g/mol. The lowest BCUT2D eigenvalue weighted by Crippen LogP contribution is -2.28. The van der Waals surface area contributed by atoms with E-state index in [1.54, 1.807) is 30.1 Å². The van der Waals surface area contributed by atoms with E-state index in [1.165, 1.54) is 0 Å². The lowest BCUT2D eigenvalue weighted by molar-refractivity contribution is 0.0806. The van der Waals surface area contributed by atoms with Gasteiger partial charge in [0.1, 0.15) is 0 Å². The summed E-state index contributed by atoms with van der Waals surface area (Å²) in [6.45, 7) is 6.21. The van der Waals surface area contributed by atoms with Crippen LogP contribution in [0.3, 0.4) is 0 Å². The number of hydrogen-bond acceptors (Lipinski definition) is 2. The van der Waals surface area contributed by atoms with Crippen LogP contribution in [0.5, 0.6) is 0 Å². The van der Waals surface area contributed by atoms with E-state index in [0.717, 1.165) is 10.0 Å². The van der Waals surface area contributed by atoms with Crippen molar-refractivity contribution in [1.29, 1.82) is 0 Å². The summed E-state index contributed by atoms with van der Waals surface area (Å²) < 4.78 is 0.750. The molecule has 0 aliphatic rings. The number of nitrogens with zero attached hydrogens (tertiary/aromatic N) is 1. The minimum Gasteiger partial charge on any atom is -0.399 e. The largest absolute Gasteiger partial charge is 0.399 e. The van der Waals surface area contributed by atoms with Crippen LogP contribution in [-0.2, 0) is 0 Å². The first-order valence-electron chi connectivity index (χ1n) is 4.86. The summed E-state index contributed by atoms with van der Waals surface area (Å²) in [5.41, 5.74) is 7.75. The summed E-state index contributed by atoms with van der Waals surface area (Å²) in [7, 11) is 1.74. The van der Waals surface area contributed by atoms with Crippen molar-refractivity contribution in [3.05, 3.63) is 40.4 Å². The maximum atomic E-state index is 12.1. The molecular weight excluding hydrogens is 268 g/mol. The van der Waals surface area contributed by atoms with Crippen LogP contribution in [0.15, 0.2) is 34.8 Å². The molecule has 0 spiro atoms. The summed E-state index contributed by atoms with van der Waals surface area (Å²) in [5, 5.41) is 0. The third-order valence-corrected chi connectivity index (χ3v) is 2.77. The Labute approximate surface area is 104 Å². The van der Waals surface area contributed by atoms with Crippen molar-refractivity contribution in [3.8, 4) is 0 Å². The fourth-order valence-corrected chi connectivity index (χ4v) is 1.81. The topological polar surface area (TPSA) is 46.3 Å². The smallest absolute Gasteiger partial charge is 0.255 e.